The van der Waals surface area contributed by atoms with Crippen LogP contribution in [0.25, 0.3) is 0 Å². The lowest BCUT2D eigenvalue weighted by Crippen LogP contribution is -2.36. The third kappa shape index (κ3) is 1.69. The molecule has 2 aliphatic rings. The molecular weight excluding hydrogens is 180 g/mol. The van der Waals surface area contributed by atoms with E-state index < -0.39 is 0 Å². The van der Waals surface area contributed by atoms with Crippen LogP contribution in [0, 0.1) is 0 Å². The fourth-order valence-electron chi connectivity index (χ4n) is 1.54. The van der Waals surface area contributed by atoms with Crippen LogP contribution >= 0.6 is 24.4 Å². The Morgan fingerprint density at radius 3 is 2.73 bits per heavy atom. The average molecular weight is 192 g/mol. The highest BCUT2D eigenvalue weighted by Crippen LogP contribution is 2.39. The molecule has 0 aliphatic carbocycles. The Hall–Kier alpha value is 0.620. The van der Waals surface area contributed by atoms with Gasteiger partial charge in [0.15, 0.2) is 5.79 Å². The molecule has 2 heterocycles. The standard InChI is InChI=1S/C7H12O2S2/c10-6-5-7(1-4-11-6)8-2-3-9-7/h6,10H,1-5H2. The van der Waals surface area contributed by atoms with E-state index in [9.17, 15) is 0 Å². The quantitative estimate of drug-likeness (QED) is 0.587. The number of thioether (sulfide) groups is 1. The normalized spacial score (nSPS) is 36.3. The maximum atomic E-state index is 5.57. The van der Waals surface area contributed by atoms with E-state index in [0.717, 1.165) is 31.8 Å². The molecule has 1 atom stereocenters. The van der Waals surface area contributed by atoms with E-state index in [1.807, 2.05) is 11.8 Å². The summed E-state index contributed by atoms with van der Waals surface area (Å²) in [6.07, 6.45) is 1.95. The number of hydrogen-bond acceptors (Lipinski definition) is 4. The van der Waals surface area contributed by atoms with Crippen molar-refractivity contribution in [3.8, 4) is 0 Å². The smallest absolute Gasteiger partial charge is 0.171 e. The van der Waals surface area contributed by atoms with Gasteiger partial charge in [0, 0.05) is 12.8 Å². The second-order valence-corrected chi connectivity index (χ2v) is 5.17. The minimum atomic E-state index is -0.252. The lowest BCUT2D eigenvalue weighted by Gasteiger charge is -2.33. The summed E-state index contributed by atoms with van der Waals surface area (Å²) in [7, 11) is 0. The molecule has 2 fully saturated rings. The molecule has 0 N–H and O–H groups in total. The molecule has 0 radical (unpaired) electrons. The highest BCUT2D eigenvalue weighted by molar-refractivity contribution is 8.10. The first-order chi connectivity index (χ1) is 5.31. The van der Waals surface area contributed by atoms with E-state index in [-0.39, 0.29) is 5.79 Å². The van der Waals surface area contributed by atoms with Gasteiger partial charge in [-0.05, 0) is 5.75 Å². The van der Waals surface area contributed by atoms with Gasteiger partial charge in [-0.3, -0.25) is 0 Å². The van der Waals surface area contributed by atoms with Gasteiger partial charge in [0.05, 0.1) is 17.8 Å². The predicted molar refractivity (Wildman–Crippen MR) is 49.1 cm³/mol. The largest absolute Gasteiger partial charge is 0.347 e. The topological polar surface area (TPSA) is 18.5 Å². The summed E-state index contributed by atoms with van der Waals surface area (Å²) in [5, 5.41) is 0. The highest BCUT2D eigenvalue weighted by atomic mass is 32.2. The first kappa shape index (κ1) is 8.23. The van der Waals surface area contributed by atoms with Crippen LogP contribution in [0.15, 0.2) is 0 Å². The SMILES string of the molecule is SC1CC2(CCS1)OCCO2. The van der Waals surface area contributed by atoms with Crippen molar-refractivity contribution in [1.29, 1.82) is 0 Å². The maximum absolute atomic E-state index is 5.57. The lowest BCUT2D eigenvalue weighted by molar-refractivity contribution is -0.161. The third-order valence-corrected chi connectivity index (χ3v) is 3.71. The van der Waals surface area contributed by atoms with Crippen LogP contribution in [0.2, 0.25) is 0 Å². The molecule has 2 nitrogen and oxygen atoms in total. The van der Waals surface area contributed by atoms with Crippen molar-refractivity contribution in [2.75, 3.05) is 19.0 Å². The first-order valence-electron chi connectivity index (χ1n) is 3.88. The number of rotatable bonds is 0. The van der Waals surface area contributed by atoms with Crippen LogP contribution in [-0.2, 0) is 9.47 Å². The zero-order valence-corrected chi connectivity index (χ0v) is 8.00. The molecule has 4 heteroatoms. The van der Waals surface area contributed by atoms with Crippen molar-refractivity contribution >= 4 is 24.4 Å². The van der Waals surface area contributed by atoms with E-state index >= 15 is 0 Å². The van der Waals surface area contributed by atoms with Crippen molar-refractivity contribution < 1.29 is 9.47 Å². The third-order valence-electron chi connectivity index (χ3n) is 2.09. The van der Waals surface area contributed by atoms with E-state index in [1.54, 1.807) is 0 Å². The summed E-state index contributed by atoms with van der Waals surface area (Å²) in [6, 6.07) is 0. The molecule has 2 saturated heterocycles. The summed E-state index contributed by atoms with van der Waals surface area (Å²) < 4.78 is 11.5. The molecule has 64 valence electrons. The zero-order chi connectivity index (χ0) is 7.73. The van der Waals surface area contributed by atoms with Gasteiger partial charge in [-0.2, -0.15) is 12.6 Å². The van der Waals surface area contributed by atoms with Gasteiger partial charge in [0.25, 0.3) is 0 Å². The van der Waals surface area contributed by atoms with Crippen LogP contribution in [0.1, 0.15) is 12.8 Å². The van der Waals surface area contributed by atoms with E-state index in [4.69, 9.17) is 9.47 Å². The Morgan fingerprint density at radius 2 is 2.09 bits per heavy atom. The monoisotopic (exact) mass is 192 g/mol. The minimum Gasteiger partial charge on any atom is -0.347 e. The molecule has 0 aromatic carbocycles. The van der Waals surface area contributed by atoms with Crippen molar-refractivity contribution in [2.24, 2.45) is 0 Å². The summed E-state index contributed by atoms with van der Waals surface area (Å²) in [4.78, 5) is 0. The lowest BCUT2D eigenvalue weighted by atomic mass is 10.1. The van der Waals surface area contributed by atoms with Gasteiger partial charge in [-0.25, -0.2) is 0 Å². The van der Waals surface area contributed by atoms with Crippen molar-refractivity contribution in [3.05, 3.63) is 0 Å². The Bertz CT molecular complexity index is 145. The first-order valence-corrected chi connectivity index (χ1v) is 5.45. The van der Waals surface area contributed by atoms with Crippen LogP contribution < -0.4 is 0 Å². The van der Waals surface area contributed by atoms with Gasteiger partial charge in [-0.15, -0.1) is 11.8 Å². The van der Waals surface area contributed by atoms with E-state index in [0.29, 0.717) is 4.58 Å². The Morgan fingerprint density at radius 1 is 1.36 bits per heavy atom. The highest BCUT2D eigenvalue weighted by Gasteiger charge is 2.40. The molecule has 0 amide bonds. The molecule has 0 aromatic rings. The van der Waals surface area contributed by atoms with Crippen LogP contribution in [0.4, 0.5) is 0 Å². The minimum absolute atomic E-state index is 0.252. The van der Waals surface area contributed by atoms with E-state index in [2.05, 4.69) is 12.6 Å². The zero-order valence-electron chi connectivity index (χ0n) is 6.28. The van der Waals surface area contributed by atoms with Gasteiger partial charge in [0.2, 0.25) is 0 Å². The van der Waals surface area contributed by atoms with Gasteiger partial charge in [0.1, 0.15) is 0 Å². The summed E-state index contributed by atoms with van der Waals surface area (Å²) >= 11 is 6.30. The molecule has 2 rings (SSSR count). The summed E-state index contributed by atoms with van der Waals surface area (Å²) in [5.74, 6) is 0.853. The summed E-state index contributed by atoms with van der Waals surface area (Å²) in [6.45, 7) is 1.51. The van der Waals surface area contributed by atoms with Crippen LogP contribution in [0.3, 0.4) is 0 Å². The molecule has 11 heavy (non-hydrogen) atoms. The van der Waals surface area contributed by atoms with Crippen LogP contribution in [0.5, 0.6) is 0 Å². The molecular formula is C7H12O2S2. The van der Waals surface area contributed by atoms with Gasteiger partial charge < -0.3 is 9.47 Å². The molecule has 0 aromatic heterocycles. The molecule has 2 aliphatic heterocycles. The molecule has 0 saturated carbocycles. The van der Waals surface area contributed by atoms with Crippen molar-refractivity contribution in [3.63, 3.8) is 0 Å². The van der Waals surface area contributed by atoms with Crippen LogP contribution in [-0.4, -0.2) is 29.3 Å². The fourth-order valence-corrected chi connectivity index (χ4v) is 3.20. The number of ether oxygens (including phenoxy) is 2. The predicted octanol–water partition coefficient (Wildman–Crippen LogP) is 1.51. The van der Waals surface area contributed by atoms with Gasteiger partial charge in [-0.1, -0.05) is 0 Å². The Labute approximate surface area is 76.4 Å². The Kier molecular flexibility index (Phi) is 2.37. The average Bonchev–Trinajstić information content (AvgIpc) is 2.37. The second-order valence-electron chi connectivity index (χ2n) is 2.89. The molecule has 0 bridgehead atoms. The number of thiol groups is 1. The van der Waals surface area contributed by atoms with Crippen molar-refractivity contribution in [1.82, 2.24) is 0 Å². The molecule has 1 spiro atoms. The number of hydrogen-bond donors (Lipinski definition) is 1. The molecule has 1 unspecified atom stereocenters. The van der Waals surface area contributed by atoms with Gasteiger partial charge >= 0.3 is 0 Å². The fraction of sp³-hybridized carbons (Fsp3) is 1.00. The second kappa shape index (κ2) is 3.17. The summed E-state index contributed by atoms with van der Waals surface area (Å²) in [5.41, 5.74) is 0. The van der Waals surface area contributed by atoms with Crippen molar-refractivity contribution in [2.45, 2.75) is 23.2 Å². The van der Waals surface area contributed by atoms with E-state index in [1.165, 1.54) is 0 Å². The maximum Gasteiger partial charge on any atom is 0.171 e. The Balaban J connectivity index is 2.00.